The first-order valence-electron chi connectivity index (χ1n) is 14.8. The lowest BCUT2D eigenvalue weighted by molar-refractivity contribution is 0.102. The number of rotatable bonds is 5. The molecule has 0 unspecified atom stereocenters. The molecule has 0 saturated carbocycles. The molecule has 0 radical (unpaired) electrons. The Bertz CT molecular complexity index is 2230. The molecule has 210 valence electrons. The Kier molecular flexibility index (Phi) is 6.16. The van der Waals surface area contributed by atoms with E-state index in [4.69, 9.17) is 9.97 Å². The van der Waals surface area contributed by atoms with Gasteiger partial charge in [0.05, 0.1) is 5.52 Å². The van der Waals surface area contributed by atoms with Gasteiger partial charge in [0.25, 0.3) is 5.91 Å². The maximum absolute atomic E-state index is 13.0. The molecule has 0 saturated heterocycles. The SMILES string of the molecule is Cc1ccc(C(=O)Nc2ccc3nc(-c4cccc5ccccc45)nc(Nc4ccc5c(c4)Cc4ccccc4-5)c3c2)cc1. The number of fused-ring (bicyclic) bond motifs is 5. The quantitative estimate of drug-likeness (QED) is 0.217. The second-order valence-electron chi connectivity index (χ2n) is 11.3. The van der Waals surface area contributed by atoms with E-state index in [1.807, 2.05) is 67.6 Å². The van der Waals surface area contributed by atoms with Crippen LogP contribution in [0.2, 0.25) is 0 Å². The molecule has 1 aromatic heterocycles. The largest absolute Gasteiger partial charge is 0.340 e. The van der Waals surface area contributed by atoms with Gasteiger partial charge in [0.15, 0.2) is 5.82 Å². The first-order valence-corrected chi connectivity index (χ1v) is 14.8. The van der Waals surface area contributed by atoms with Gasteiger partial charge < -0.3 is 10.6 Å². The lowest BCUT2D eigenvalue weighted by Crippen LogP contribution is -2.12. The first-order chi connectivity index (χ1) is 21.6. The van der Waals surface area contributed by atoms with Crippen LogP contribution < -0.4 is 10.6 Å². The highest BCUT2D eigenvalue weighted by Gasteiger charge is 2.19. The zero-order chi connectivity index (χ0) is 29.6. The fourth-order valence-corrected chi connectivity index (χ4v) is 6.11. The van der Waals surface area contributed by atoms with E-state index in [0.29, 0.717) is 22.9 Å². The van der Waals surface area contributed by atoms with Crippen molar-refractivity contribution in [3.8, 4) is 22.5 Å². The van der Waals surface area contributed by atoms with Gasteiger partial charge in [-0.1, -0.05) is 90.5 Å². The van der Waals surface area contributed by atoms with Crippen LogP contribution in [0.4, 0.5) is 17.2 Å². The summed E-state index contributed by atoms with van der Waals surface area (Å²) in [4.78, 5) is 23.2. The van der Waals surface area contributed by atoms with E-state index in [-0.39, 0.29) is 5.91 Å². The fourth-order valence-electron chi connectivity index (χ4n) is 6.11. The van der Waals surface area contributed by atoms with Gasteiger partial charge >= 0.3 is 0 Å². The normalized spacial score (nSPS) is 11.8. The van der Waals surface area contributed by atoms with Crippen LogP contribution in [0, 0.1) is 6.92 Å². The summed E-state index contributed by atoms with van der Waals surface area (Å²) in [6, 6.07) is 42.9. The highest BCUT2D eigenvalue weighted by atomic mass is 16.1. The number of nitrogens with one attached hydrogen (secondary N) is 2. The molecule has 1 aliphatic rings. The summed E-state index contributed by atoms with van der Waals surface area (Å²) in [6.07, 6.45) is 0.905. The van der Waals surface area contributed by atoms with Crippen LogP contribution in [0.5, 0.6) is 0 Å². The number of aryl methyl sites for hydroxylation is 1. The highest BCUT2D eigenvalue weighted by Crippen LogP contribution is 2.39. The van der Waals surface area contributed by atoms with Crippen LogP contribution in [-0.4, -0.2) is 15.9 Å². The smallest absolute Gasteiger partial charge is 0.255 e. The number of hydrogen-bond donors (Lipinski definition) is 2. The molecule has 6 aromatic carbocycles. The Morgan fingerprint density at radius 3 is 2.30 bits per heavy atom. The van der Waals surface area contributed by atoms with Crippen molar-refractivity contribution in [2.45, 2.75) is 13.3 Å². The fraction of sp³-hybridized carbons (Fsp3) is 0.0513. The van der Waals surface area contributed by atoms with Gasteiger partial charge in [-0.3, -0.25) is 4.79 Å². The number of nitrogens with zero attached hydrogens (tertiary/aromatic N) is 2. The van der Waals surface area contributed by atoms with E-state index in [9.17, 15) is 4.79 Å². The molecule has 44 heavy (non-hydrogen) atoms. The van der Waals surface area contributed by atoms with E-state index < -0.39 is 0 Å². The average molecular weight is 569 g/mol. The molecule has 0 atom stereocenters. The molecular weight excluding hydrogens is 540 g/mol. The molecule has 8 rings (SSSR count). The minimum Gasteiger partial charge on any atom is -0.340 e. The number of amides is 1. The Morgan fingerprint density at radius 2 is 1.39 bits per heavy atom. The summed E-state index contributed by atoms with van der Waals surface area (Å²) < 4.78 is 0. The van der Waals surface area contributed by atoms with Crippen LogP contribution in [0.15, 0.2) is 127 Å². The first kappa shape index (κ1) is 25.9. The Balaban J connectivity index is 1.22. The van der Waals surface area contributed by atoms with Crippen molar-refractivity contribution in [2.75, 3.05) is 10.6 Å². The molecule has 0 bridgehead atoms. The van der Waals surface area contributed by atoms with Gasteiger partial charge in [-0.15, -0.1) is 0 Å². The zero-order valence-electron chi connectivity index (χ0n) is 24.1. The van der Waals surface area contributed by atoms with Crippen molar-refractivity contribution in [3.63, 3.8) is 0 Å². The number of carbonyl (C=O) groups excluding carboxylic acids is 1. The molecule has 0 spiro atoms. The summed E-state index contributed by atoms with van der Waals surface area (Å²) in [6.45, 7) is 2.01. The number of hydrogen-bond acceptors (Lipinski definition) is 4. The maximum Gasteiger partial charge on any atom is 0.255 e. The van der Waals surface area contributed by atoms with E-state index in [2.05, 4.69) is 77.4 Å². The number of benzene rings is 6. The highest BCUT2D eigenvalue weighted by molar-refractivity contribution is 6.06. The number of carbonyl (C=O) groups is 1. The molecule has 1 aliphatic carbocycles. The second kappa shape index (κ2) is 10.5. The molecule has 0 aliphatic heterocycles. The standard InChI is InChI=1S/C39H28N4O/c1-24-13-15-26(16-14-24)39(44)41-30-18-20-36-35(23-30)38(43-37(42-36)34-12-6-9-25-7-2-4-10-31(25)34)40-29-17-19-33-28(22-29)21-27-8-3-5-11-32(27)33/h2-20,22-23H,21H2,1H3,(H,41,44)(H,40,42,43). The predicted molar refractivity (Wildman–Crippen MR) is 180 cm³/mol. The third kappa shape index (κ3) is 4.65. The van der Waals surface area contributed by atoms with Crippen molar-refractivity contribution in [1.82, 2.24) is 9.97 Å². The topological polar surface area (TPSA) is 66.9 Å². The summed E-state index contributed by atoms with van der Waals surface area (Å²) >= 11 is 0. The lowest BCUT2D eigenvalue weighted by Gasteiger charge is -2.14. The van der Waals surface area contributed by atoms with Gasteiger partial charge in [0.2, 0.25) is 0 Å². The average Bonchev–Trinajstić information content (AvgIpc) is 3.43. The van der Waals surface area contributed by atoms with E-state index >= 15 is 0 Å². The molecule has 1 amide bonds. The number of aromatic nitrogens is 2. The summed E-state index contributed by atoms with van der Waals surface area (Å²) in [5, 5.41) is 9.72. The third-order valence-corrected chi connectivity index (χ3v) is 8.35. The summed E-state index contributed by atoms with van der Waals surface area (Å²) in [5.41, 5.74) is 10.3. The van der Waals surface area contributed by atoms with Gasteiger partial charge in [-0.2, -0.15) is 0 Å². The molecule has 7 aromatic rings. The second-order valence-corrected chi connectivity index (χ2v) is 11.3. The molecule has 2 N–H and O–H groups in total. The van der Waals surface area contributed by atoms with Crippen molar-refractivity contribution in [3.05, 3.63) is 150 Å². The van der Waals surface area contributed by atoms with Crippen molar-refractivity contribution in [2.24, 2.45) is 0 Å². The molecule has 5 heteroatoms. The minimum absolute atomic E-state index is 0.162. The van der Waals surface area contributed by atoms with Crippen molar-refractivity contribution < 1.29 is 4.79 Å². The van der Waals surface area contributed by atoms with Gasteiger partial charge in [0.1, 0.15) is 5.82 Å². The molecule has 0 fully saturated rings. The Labute approximate surface area is 255 Å². The molecule has 1 heterocycles. The van der Waals surface area contributed by atoms with E-state index in [1.165, 1.54) is 22.3 Å². The Morgan fingerprint density at radius 1 is 0.636 bits per heavy atom. The molecular formula is C39H28N4O. The van der Waals surface area contributed by atoms with Gasteiger partial charge in [0, 0.05) is 27.9 Å². The monoisotopic (exact) mass is 568 g/mol. The Hall–Kier alpha value is -5.81. The predicted octanol–water partition coefficient (Wildman–Crippen LogP) is 9.33. The van der Waals surface area contributed by atoms with Crippen LogP contribution in [0.25, 0.3) is 44.2 Å². The van der Waals surface area contributed by atoms with Crippen LogP contribution >= 0.6 is 0 Å². The van der Waals surface area contributed by atoms with Crippen LogP contribution in [0.1, 0.15) is 27.0 Å². The maximum atomic E-state index is 13.0. The minimum atomic E-state index is -0.162. The van der Waals surface area contributed by atoms with Crippen LogP contribution in [-0.2, 0) is 6.42 Å². The third-order valence-electron chi connectivity index (χ3n) is 8.35. The van der Waals surface area contributed by atoms with Crippen molar-refractivity contribution >= 4 is 44.8 Å². The van der Waals surface area contributed by atoms with Crippen molar-refractivity contribution in [1.29, 1.82) is 0 Å². The summed E-state index contributed by atoms with van der Waals surface area (Å²) in [5.74, 6) is 1.16. The molecule has 5 nitrogen and oxygen atoms in total. The van der Waals surface area contributed by atoms with E-state index in [1.54, 1.807) is 0 Å². The van der Waals surface area contributed by atoms with Gasteiger partial charge in [-0.05, 0) is 88.8 Å². The van der Waals surface area contributed by atoms with Gasteiger partial charge in [-0.25, -0.2) is 9.97 Å². The lowest BCUT2D eigenvalue weighted by atomic mass is 10.0. The van der Waals surface area contributed by atoms with Crippen LogP contribution in [0.3, 0.4) is 0 Å². The number of anilines is 3. The van der Waals surface area contributed by atoms with E-state index in [0.717, 1.165) is 44.9 Å². The summed E-state index contributed by atoms with van der Waals surface area (Å²) in [7, 11) is 0. The zero-order valence-corrected chi connectivity index (χ0v) is 24.1.